The standard InChI is InChI=1S/C7H10F2O/c1-7(9)5(8)3-2-4-6(7)10/h5H,2-4H2,1H3/t5-,7+/m0/s1. The SMILES string of the molecule is C[C@]1(F)C(=O)CCC[C@@H]1F. The van der Waals surface area contributed by atoms with Gasteiger partial charge in [0, 0.05) is 6.42 Å². The average Bonchev–Trinajstić information content (AvgIpc) is 1.84. The summed E-state index contributed by atoms with van der Waals surface area (Å²) >= 11 is 0. The molecular formula is C7H10F2O. The summed E-state index contributed by atoms with van der Waals surface area (Å²) in [7, 11) is 0. The molecule has 0 spiro atoms. The van der Waals surface area contributed by atoms with E-state index in [1.54, 1.807) is 0 Å². The predicted molar refractivity (Wildman–Crippen MR) is 33.3 cm³/mol. The molecular weight excluding hydrogens is 138 g/mol. The zero-order valence-corrected chi connectivity index (χ0v) is 5.86. The Morgan fingerprint density at radius 1 is 1.70 bits per heavy atom. The van der Waals surface area contributed by atoms with E-state index < -0.39 is 17.6 Å². The highest BCUT2D eigenvalue weighted by Crippen LogP contribution is 2.30. The van der Waals surface area contributed by atoms with Crippen LogP contribution >= 0.6 is 0 Å². The number of hydrogen-bond donors (Lipinski definition) is 0. The van der Waals surface area contributed by atoms with Crippen molar-refractivity contribution in [2.75, 3.05) is 0 Å². The van der Waals surface area contributed by atoms with Crippen molar-refractivity contribution in [1.82, 2.24) is 0 Å². The fourth-order valence-electron chi connectivity index (χ4n) is 1.13. The molecule has 0 aromatic rings. The van der Waals surface area contributed by atoms with E-state index in [1.807, 2.05) is 0 Å². The molecule has 0 radical (unpaired) electrons. The van der Waals surface area contributed by atoms with Crippen LogP contribution in [0.3, 0.4) is 0 Å². The van der Waals surface area contributed by atoms with Crippen LogP contribution in [0.5, 0.6) is 0 Å². The van der Waals surface area contributed by atoms with Crippen molar-refractivity contribution in [2.24, 2.45) is 0 Å². The van der Waals surface area contributed by atoms with Crippen molar-refractivity contribution < 1.29 is 13.6 Å². The third kappa shape index (κ3) is 1.04. The van der Waals surface area contributed by atoms with Crippen LogP contribution in [-0.4, -0.2) is 17.6 Å². The number of Topliss-reactive ketones (excluding diaryl/α,β-unsaturated/α-hetero) is 1. The Labute approximate surface area is 58.4 Å². The Morgan fingerprint density at radius 3 is 2.70 bits per heavy atom. The molecule has 0 N–H and O–H groups in total. The van der Waals surface area contributed by atoms with Crippen LogP contribution in [0.2, 0.25) is 0 Å². The van der Waals surface area contributed by atoms with Crippen molar-refractivity contribution in [3.05, 3.63) is 0 Å². The van der Waals surface area contributed by atoms with E-state index in [2.05, 4.69) is 0 Å². The Hall–Kier alpha value is -0.470. The van der Waals surface area contributed by atoms with Gasteiger partial charge in [-0.3, -0.25) is 4.79 Å². The summed E-state index contributed by atoms with van der Waals surface area (Å²) < 4.78 is 25.5. The Balaban J connectivity index is 2.73. The van der Waals surface area contributed by atoms with Gasteiger partial charge < -0.3 is 0 Å². The number of carbonyl (C=O) groups is 1. The molecule has 0 aromatic carbocycles. The first-order valence-electron chi connectivity index (χ1n) is 3.41. The fourth-order valence-corrected chi connectivity index (χ4v) is 1.13. The summed E-state index contributed by atoms with van der Waals surface area (Å²) in [5, 5.41) is 0. The molecule has 58 valence electrons. The highest BCUT2D eigenvalue weighted by molar-refractivity contribution is 5.88. The zero-order chi connectivity index (χ0) is 7.78. The first-order chi connectivity index (χ1) is 4.55. The van der Waals surface area contributed by atoms with Crippen molar-refractivity contribution in [3.63, 3.8) is 0 Å². The van der Waals surface area contributed by atoms with Crippen molar-refractivity contribution in [2.45, 2.75) is 38.0 Å². The number of halogens is 2. The lowest BCUT2D eigenvalue weighted by molar-refractivity contribution is -0.137. The lowest BCUT2D eigenvalue weighted by atomic mass is 9.85. The van der Waals surface area contributed by atoms with Gasteiger partial charge in [-0.05, 0) is 19.8 Å². The molecule has 2 atom stereocenters. The van der Waals surface area contributed by atoms with E-state index in [0.717, 1.165) is 6.92 Å². The largest absolute Gasteiger partial charge is 0.296 e. The third-order valence-corrected chi connectivity index (χ3v) is 1.99. The van der Waals surface area contributed by atoms with Crippen LogP contribution < -0.4 is 0 Å². The summed E-state index contributed by atoms with van der Waals surface area (Å²) in [5.41, 5.74) is -2.21. The molecule has 3 heteroatoms. The molecule has 1 saturated carbocycles. The number of carbonyl (C=O) groups excluding carboxylic acids is 1. The van der Waals surface area contributed by atoms with E-state index in [0.29, 0.717) is 6.42 Å². The molecule has 1 rings (SSSR count). The van der Waals surface area contributed by atoms with Crippen molar-refractivity contribution >= 4 is 5.78 Å². The van der Waals surface area contributed by atoms with Crippen molar-refractivity contribution in [1.29, 1.82) is 0 Å². The first-order valence-corrected chi connectivity index (χ1v) is 3.41. The number of alkyl halides is 2. The van der Waals surface area contributed by atoms with Gasteiger partial charge in [0.1, 0.15) is 6.17 Å². The normalized spacial score (nSPS) is 41.9. The van der Waals surface area contributed by atoms with E-state index in [9.17, 15) is 13.6 Å². The first kappa shape index (κ1) is 7.63. The molecule has 0 aromatic heterocycles. The quantitative estimate of drug-likeness (QED) is 0.512. The zero-order valence-electron chi connectivity index (χ0n) is 5.86. The molecule has 0 amide bonds. The minimum absolute atomic E-state index is 0.179. The maximum Gasteiger partial charge on any atom is 0.196 e. The summed E-state index contributed by atoms with van der Waals surface area (Å²) in [4.78, 5) is 10.7. The lowest BCUT2D eigenvalue weighted by Crippen LogP contribution is -2.43. The van der Waals surface area contributed by atoms with Crippen LogP contribution in [-0.2, 0) is 4.79 Å². The van der Waals surface area contributed by atoms with E-state index in [4.69, 9.17) is 0 Å². The summed E-state index contributed by atoms with van der Waals surface area (Å²) in [6.45, 7) is 1.03. The second-order valence-corrected chi connectivity index (χ2v) is 2.86. The molecule has 0 unspecified atom stereocenters. The van der Waals surface area contributed by atoms with Crippen LogP contribution in [0.1, 0.15) is 26.2 Å². The minimum Gasteiger partial charge on any atom is -0.296 e. The van der Waals surface area contributed by atoms with Gasteiger partial charge in [-0.25, -0.2) is 8.78 Å². The molecule has 0 heterocycles. The van der Waals surface area contributed by atoms with Crippen LogP contribution in [0, 0.1) is 0 Å². The molecule has 0 saturated heterocycles. The summed E-state index contributed by atoms with van der Waals surface area (Å²) in [5.74, 6) is -0.591. The van der Waals surface area contributed by atoms with Gasteiger partial charge in [-0.15, -0.1) is 0 Å². The Bertz CT molecular complexity index is 154. The second-order valence-electron chi connectivity index (χ2n) is 2.86. The molecule has 10 heavy (non-hydrogen) atoms. The molecule has 1 aliphatic rings. The lowest BCUT2D eigenvalue weighted by Gasteiger charge is -2.27. The van der Waals surface area contributed by atoms with Gasteiger partial charge in [-0.2, -0.15) is 0 Å². The smallest absolute Gasteiger partial charge is 0.196 e. The van der Waals surface area contributed by atoms with Crippen LogP contribution in [0.25, 0.3) is 0 Å². The number of hydrogen-bond acceptors (Lipinski definition) is 1. The van der Waals surface area contributed by atoms with E-state index in [1.165, 1.54) is 0 Å². The molecule has 1 aliphatic carbocycles. The number of rotatable bonds is 0. The van der Waals surface area contributed by atoms with Crippen molar-refractivity contribution in [3.8, 4) is 0 Å². The molecule has 1 fully saturated rings. The highest BCUT2D eigenvalue weighted by Gasteiger charge is 2.44. The van der Waals surface area contributed by atoms with Gasteiger partial charge in [0.2, 0.25) is 0 Å². The van der Waals surface area contributed by atoms with Crippen LogP contribution in [0.15, 0.2) is 0 Å². The molecule has 0 aliphatic heterocycles. The molecule has 0 bridgehead atoms. The monoisotopic (exact) mass is 148 g/mol. The van der Waals surface area contributed by atoms with Gasteiger partial charge in [0.05, 0.1) is 0 Å². The maximum atomic E-state index is 12.9. The number of ketones is 1. The topological polar surface area (TPSA) is 17.1 Å². The minimum atomic E-state index is -2.21. The van der Waals surface area contributed by atoms with Crippen LogP contribution in [0.4, 0.5) is 8.78 Å². The van der Waals surface area contributed by atoms with Gasteiger partial charge in [-0.1, -0.05) is 0 Å². The maximum absolute atomic E-state index is 12.9. The van der Waals surface area contributed by atoms with E-state index in [-0.39, 0.29) is 12.8 Å². The van der Waals surface area contributed by atoms with Gasteiger partial charge >= 0.3 is 0 Å². The van der Waals surface area contributed by atoms with E-state index >= 15 is 0 Å². The highest BCUT2D eigenvalue weighted by atomic mass is 19.2. The second kappa shape index (κ2) is 2.29. The summed E-state index contributed by atoms with van der Waals surface area (Å²) in [6.07, 6.45) is -0.736. The fraction of sp³-hybridized carbons (Fsp3) is 0.857. The van der Waals surface area contributed by atoms with Gasteiger partial charge in [0.15, 0.2) is 11.5 Å². The Kier molecular flexibility index (Phi) is 1.75. The molecule has 1 nitrogen and oxygen atoms in total. The summed E-state index contributed by atoms with van der Waals surface area (Å²) in [6, 6.07) is 0. The third-order valence-electron chi connectivity index (χ3n) is 1.99. The Morgan fingerprint density at radius 2 is 2.30 bits per heavy atom. The van der Waals surface area contributed by atoms with Gasteiger partial charge in [0.25, 0.3) is 0 Å². The predicted octanol–water partition coefficient (Wildman–Crippen LogP) is 1.81. The average molecular weight is 148 g/mol.